The maximum Gasteiger partial charge on any atom is 0.387 e. The minimum atomic E-state index is -2.95. The number of nitrogens with one attached hydrogen (secondary N) is 2. The molecular weight excluding hydrogens is 410 g/mol. The first-order chi connectivity index (χ1) is 15.0. The number of hydrogen-bond donors (Lipinski definition) is 3. The van der Waals surface area contributed by atoms with Gasteiger partial charge in [-0.05, 0) is 44.1 Å². The molecule has 0 spiro atoms. The monoisotopic (exact) mass is 428 g/mol. The zero-order valence-corrected chi connectivity index (χ0v) is 16.2. The number of aromatic nitrogens is 5. The highest BCUT2D eigenvalue weighted by Crippen LogP contribution is 2.34. The maximum atomic E-state index is 12.8. The summed E-state index contributed by atoms with van der Waals surface area (Å²) >= 11 is 0. The Bertz CT molecular complexity index is 1280. The summed E-state index contributed by atoms with van der Waals surface area (Å²) in [6, 6.07) is 4.83. The lowest BCUT2D eigenvalue weighted by Crippen LogP contribution is -2.29. The molecule has 0 atom stereocenters. The molecule has 31 heavy (non-hydrogen) atoms. The summed E-state index contributed by atoms with van der Waals surface area (Å²) in [5.41, 5.74) is 2.08. The van der Waals surface area contributed by atoms with Crippen LogP contribution < -0.4 is 10.1 Å². The smallest absolute Gasteiger partial charge is 0.387 e. The Morgan fingerprint density at radius 2 is 2.10 bits per heavy atom. The van der Waals surface area contributed by atoms with Gasteiger partial charge in [0.15, 0.2) is 5.65 Å². The standard InChI is InChI=1S/C20H18F2N6O3/c21-20(22)31-11-1-2-15-12(7-11)16(27-28(15)10-3-5-23-6-4-10)14-9-25-18-17(26-14)13(8-24-18)19(29)30/h1-2,7-10,20,23H,3-6H2,(H,24,25)(H,29,30). The number of piperidine rings is 1. The lowest BCUT2D eigenvalue weighted by molar-refractivity contribution is -0.0497. The van der Waals surface area contributed by atoms with Gasteiger partial charge in [0.1, 0.15) is 28.2 Å². The fourth-order valence-electron chi connectivity index (χ4n) is 3.98. The van der Waals surface area contributed by atoms with Crippen LogP contribution in [0.4, 0.5) is 8.78 Å². The van der Waals surface area contributed by atoms with Crippen molar-refractivity contribution < 1.29 is 23.4 Å². The third-order valence-electron chi connectivity index (χ3n) is 5.41. The molecule has 0 bridgehead atoms. The van der Waals surface area contributed by atoms with Crippen LogP contribution in [0.25, 0.3) is 33.5 Å². The van der Waals surface area contributed by atoms with E-state index in [2.05, 4.69) is 25.0 Å². The first-order valence-electron chi connectivity index (χ1n) is 9.77. The summed E-state index contributed by atoms with van der Waals surface area (Å²) in [4.78, 5) is 23.0. The Balaban J connectivity index is 1.70. The number of H-pyrrole nitrogens is 1. The third-order valence-corrected chi connectivity index (χ3v) is 5.41. The van der Waals surface area contributed by atoms with Crippen LogP contribution in [0.15, 0.2) is 30.6 Å². The Morgan fingerprint density at radius 1 is 1.29 bits per heavy atom. The Kier molecular flexibility index (Phi) is 4.74. The van der Waals surface area contributed by atoms with Crippen LogP contribution in [-0.4, -0.2) is 55.5 Å². The number of halogens is 2. The molecule has 4 heterocycles. The fourth-order valence-corrected chi connectivity index (χ4v) is 3.98. The van der Waals surface area contributed by atoms with E-state index in [1.807, 2.05) is 4.68 Å². The van der Waals surface area contributed by atoms with Gasteiger partial charge in [-0.2, -0.15) is 13.9 Å². The van der Waals surface area contributed by atoms with Crippen LogP contribution >= 0.6 is 0 Å². The molecule has 4 aromatic rings. The van der Waals surface area contributed by atoms with Gasteiger partial charge in [-0.15, -0.1) is 0 Å². The lowest BCUT2D eigenvalue weighted by Gasteiger charge is -2.23. The molecule has 9 nitrogen and oxygen atoms in total. The topological polar surface area (TPSA) is 118 Å². The van der Waals surface area contributed by atoms with E-state index in [9.17, 15) is 18.7 Å². The van der Waals surface area contributed by atoms with Crippen molar-refractivity contribution in [3.8, 4) is 17.1 Å². The SMILES string of the molecule is O=C(O)c1c[nH]c2ncc(-c3nn(C4CCNCC4)c4ccc(OC(F)F)cc34)nc12. The van der Waals surface area contributed by atoms with E-state index in [4.69, 9.17) is 5.10 Å². The molecule has 0 amide bonds. The second-order valence-corrected chi connectivity index (χ2v) is 7.29. The summed E-state index contributed by atoms with van der Waals surface area (Å²) in [6.07, 6.45) is 4.56. The van der Waals surface area contributed by atoms with E-state index in [-0.39, 0.29) is 22.9 Å². The van der Waals surface area contributed by atoms with Crippen LogP contribution in [0.3, 0.4) is 0 Å². The molecular formula is C20H18F2N6O3. The van der Waals surface area contributed by atoms with E-state index < -0.39 is 12.6 Å². The second-order valence-electron chi connectivity index (χ2n) is 7.29. The summed E-state index contributed by atoms with van der Waals surface area (Å²) in [5, 5.41) is 18.0. The number of carboxylic acid groups (broad SMARTS) is 1. The zero-order valence-electron chi connectivity index (χ0n) is 16.2. The predicted octanol–water partition coefficient (Wildman–Crippen LogP) is 3.20. The van der Waals surface area contributed by atoms with E-state index in [1.165, 1.54) is 24.5 Å². The zero-order chi connectivity index (χ0) is 21.5. The van der Waals surface area contributed by atoms with Gasteiger partial charge in [0.05, 0.1) is 17.8 Å². The number of ether oxygens (including phenoxy) is 1. The number of carboxylic acids is 1. The van der Waals surface area contributed by atoms with Gasteiger partial charge in [-0.25, -0.2) is 14.8 Å². The minimum absolute atomic E-state index is 0.00633. The number of benzene rings is 1. The van der Waals surface area contributed by atoms with Crippen LogP contribution in [0, 0.1) is 0 Å². The van der Waals surface area contributed by atoms with Crippen LogP contribution in [0.1, 0.15) is 29.2 Å². The minimum Gasteiger partial charge on any atom is -0.478 e. The molecule has 1 aromatic carbocycles. The van der Waals surface area contributed by atoms with Crippen LogP contribution in [0.5, 0.6) is 5.75 Å². The summed E-state index contributed by atoms with van der Waals surface area (Å²) in [7, 11) is 0. The largest absolute Gasteiger partial charge is 0.478 e. The van der Waals surface area contributed by atoms with Gasteiger partial charge in [0.25, 0.3) is 0 Å². The second kappa shape index (κ2) is 7.58. The van der Waals surface area contributed by atoms with Crippen molar-refractivity contribution in [3.05, 3.63) is 36.2 Å². The Hall–Kier alpha value is -3.60. The molecule has 0 saturated carbocycles. The van der Waals surface area contributed by atoms with Crippen molar-refractivity contribution in [2.45, 2.75) is 25.5 Å². The summed E-state index contributed by atoms with van der Waals surface area (Å²) in [6.45, 7) is -1.25. The normalized spacial score (nSPS) is 15.2. The number of fused-ring (bicyclic) bond motifs is 2. The highest BCUT2D eigenvalue weighted by molar-refractivity contribution is 6.01. The summed E-state index contributed by atoms with van der Waals surface area (Å²) in [5.74, 6) is -1.12. The van der Waals surface area contributed by atoms with Crippen molar-refractivity contribution in [1.29, 1.82) is 0 Å². The van der Waals surface area contributed by atoms with Crippen molar-refractivity contribution in [2.24, 2.45) is 0 Å². The van der Waals surface area contributed by atoms with Crippen molar-refractivity contribution >= 4 is 28.0 Å². The number of nitrogens with zero attached hydrogens (tertiary/aromatic N) is 4. The number of aromatic carboxylic acids is 1. The van der Waals surface area contributed by atoms with Crippen molar-refractivity contribution in [3.63, 3.8) is 0 Å². The summed E-state index contributed by atoms with van der Waals surface area (Å²) < 4.78 is 32.0. The molecule has 11 heteroatoms. The molecule has 160 valence electrons. The van der Waals surface area contributed by atoms with E-state index >= 15 is 0 Å². The maximum absolute atomic E-state index is 12.8. The molecule has 5 rings (SSSR count). The molecule has 0 aliphatic carbocycles. The average Bonchev–Trinajstić information content (AvgIpc) is 3.35. The van der Waals surface area contributed by atoms with Gasteiger partial charge >= 0.3 is 12.6 Å². The molecule has 0 radical (unpaired) electrons. The van der Waals surface area contributed by atoms with Gasteiger partial charge in [0, 0.05) is 11.6 Å². The number of hydrogen-bond acceptors (Lipinski definition) is 6. The number of aromatic amines is 1. The Morgan fingerprint density at radius 3 is 2.84 bits per heavy atom. The highest BCUT2D eigenvalue weighted by atomic mass is 19.3. The van der Waals surface area contributed by atoms with Crippen LogP contribution in [-0.2, 0) is 0 Å². The average molecular weight is 428 g/mol. The predicted molar refractivity (Wildman–Crippen MR) is 107 cm³/mol. The number of rotatable bonds is 5. The third kappa shape index (κ3) is 3.46. The van der Waals surface area contributed by atoms with Gasteiger partial charge in [-0.3, -0.25) is 4.68 Å². The van der Waals surface area contributed by atoms with Crippen molar-refractivity contribution in [2.75, 3.05) is 13.1 Å². The van der Waals surface area contributed by atoms with E-state index in [1.54, 1.807) is 6.07 Å². The quantitative estimate of drug-likeness (QED) is 0.447. The molecule has 3 N–H and O–H groups in total. The molecule has 1 saturated heterocycles. The van der Waals surface area contributed by atoms with Gasteiger partial charge < -0.3 is 20.1 Å². The number of carbonyl (C=O) groups is 1. The van der Waals surface area contributed by atoms with Crippen LogP contribution in [0.2, 0.25) is 0 Å². The first-order valence-corrected chi connectivity index (χ1v) is 9.77. The molecule has 1 fully saturated rings. The Labute approximate surface area is 174 Å². The van der Waals surface area contributed by atoms with Crippen molar-refractivity contribution in [1.82, 2.24) is 30.0 Å². The van der Waals surface area contributed by atoms with E-state index in [0.717, 1.165) is 31.4 Å². The molecule has 1 aliphatic heterocycles. The lowest BCUT2D eigenvalue weighted by atomic mass is 10.1. The van der Waals surface area contributed by atoms with Gasteiger partial charge in [-0.1, -0.05) is 0 Å². The number of alkyl halides is 2. The highest BCUT2D eigenvalue weighted by Gasteiger charge is 2.23. The molecule has 0 unspecified atom stereocenters. The van der Waals surface area contributed by atoms with Gasteiger partial charge in [0.2, 0.25) is 0 Å². The molecule has 1 aliphatic rings. The van der Waals surface area contributed by atoms with E-state index in [0.29, 0.717) is 22.4 Å². The molecule has 3 aromatic heterocycles. The first kappa shape index (κ1) is 19.4. The fraction of sp³-hybridized carbons (Fsp3) is 0.300.